The zero-order valence-electron chi connectivity index (χ0n) is 22.6. The molecule has 0 saturated heterocycles. The standard InChI is InChI=1S/C29H34FN3O5S/c1-5-26(29(35)31-6-2)32(19-22-10-9-11-23(18-22)38-4)28(34)20-33(27-13-8-7-12-25(27)30)39(36,37)24-16-14-21(3)15-17-24/h7-18,26H,5-6,19-20H2,1-4H3,(H,31,35)/t26-/m1/s1. The molecular weight excluding hydrogens is 521 g/mol. The predicted octanol–water partition coefficient (Wildman–Crippen LogP) is 4.28. The SMILES string of the molecule is CCNC(=O)[C@@H](CC)N(Cc1cccc(OC)c1)C(=O)CN(c1ccccc1F)S(=O)(=O)c1ccc(C)cc1. The smallest absolute Gasteiger partial charge is 0.264 e. The summed E-state index contributed by atoms with van der Waals surface area (Å²) in [5.41, 5.74) is 1.27. The third kappa shape index (κ3) is 7.14. The number of carbonyl (C=O) groups is 2. The lowest BCUT2D eigenvalue weighted by Gasteiger charge is -2.33. The first-order chi connectivity index (χ1) is 18.6. The maximum absolute atomic E-state index is 15.0. The van der Waals surface area contributed by atoms with E-state index in [1.54, 1.807) is 50.2 Å². The van der Waals surface area contributed by atoms with E-state index in [1.165, 1.54) is 42.3 Å². The first-order valence-electron chi connectivity index (χ1n) is 12.7. The molecule has 3 aromatic rings. The zero-order chi connectivity index (χ0) is 28.6. The zero-order valence-corrected chi connectivity index (χ0v) is 23.4. The van der Waals surface area contributed by atoms with Crippen LogP contribution in [0.3, 0.4) is 0 Å². The molecule has 39 heavy (non-hydrogen) atoms. The highest BCUT2D eigenvalue weighted by molar-refractivity contribution is 7.92. The maximum atomic E-state index is 15.0. The average Bonchev–Trinajstić information content (AvgIpc) is 2.92. The lowest BCUT2D eigenvalue weighted by Crippen LogP contribution is -2.52. The van der Waals surface area contributed by atoms with E-state index in [2.05, 4.69) is 5.32 Å². The molecule has 8 nitrogen and oxygen atoms in total. The number of halogens is 1. The summed E-state index contributed by atoms with van der Waals surface area (Å²) >= 11 is 0. The molecule has 0 aliphatic carbocycles. The Morgan fingerprint density at radius 2 is 1.69 bits per heavy atom. The van der Waals surface area contributed by atoms with Crippen LogP contribution < -0.4 is 14.4 Å². The molecule has 0 radical (unpaired) electrons. The van der Waals surface area contributed by atoms with Crippen molar-refractivity contribution < 1.29 is 27.1 Å². The fourth-order valence-electron chi connectivity index (χ4n) is 4.18. The van der Waals surface area contributed by atoms with E-state index in [0.717, 1.165) is 15.9 Å². The van der Waals surface area contributed by atoms with Crippen LogP contribution in [0.5, 0.6) is 5.75 Å². The number of sulfonamides is 1. The van der Waals surface area contributed by atoms with Gasteiger partial charge in [-0.15, -0.1) is 0 Å². The number of anilines is 1. The average molecular weight is 556 g/mol. The van der Waals surface area contributed by atoms with E-state index in [-0.39, 0.29) is 29.5 Å². The molecule has 0 heterocycles. The number of benzene rings is 3. The molecule has 0 fully saturated rings. The van der Waals surface area contributed by atoms with Crippen LogP contribution in [0.1, 0.15) is 31.4 Å². The van der Waals surface area contributed by atoms with Gasteiger partial charge in [0, 0.05) is 13.1 Å². The van der Waals surface area contributed by atoms with Crippen LogP contribution in [0.25, 0.3) is 0 Å². The number of hydrogen-bond donors (Lipinski definition) is 1. The molecule has 0 unspecified atom stereocenters. The minimum Gasteiger partial charge on any atom is -0.497 e. The number of likely N-dealkylation sites (N-methyl/N-ethyl adjacent to an activating group) is 1. The molecule has 0 bridgehead atoms. The molecule has 0 aliphatic rings. The number of amides is 2. The highest BCUT2D eigenvalue weighted by atomic mass is 32.2. The van der Waals surface area contributed by atoms with Gasteiger partial charge in [-0.05, 0) is 62.2 Å². The maximum Gasteiger partial charge on any atom is 0.264 e. The number of hydrogen-bond acceptors (Lipinski definition) is 5. The second-order valence-electron chi connectivity index (χ2n) is 8.97. The van der Waals surface area contributed by atoms with Gasteiger partial charge in [-0.2, -0.15) is 0 Å². The number of methoxy groups -OCH3 is 1. The number of rotatable bonds is 12. The van der Waals surface area contributed by atoms with Crippen molar-refractivity contribution in [2.45, 2.75) is 44.7 Å². The van der Waals surface area contributed by atoms with E-state index in [4.69, 9.17) is 4.74 Å². The summed E-state index contributed by atoms with van der Waals surface area (Å²) in [6, 6.07) is 17.6. The van der Waals surface area contributed by atoms with Gasteiger partial charge in [-0.3, -0.25) is 13.9 Å². The number of nitrogens with zero attached hydrogens (tertiary/aromatic N) is 2. The summed E-state index contributed by atoms with van der Waals surface area (Å²) in [6.07, 6.45) is 0.284. The van der Waals surface area contributed by atoms with Crippen LogP contribution >= 0.6 is 0 Å². The highest BCUT2D eigenvalue weighted by Gasteiger charge is 2.34. The first kappa shape index (κ1) is 29.6. The number of carbonyl (C=O) groups excluding carboxylic acids is 2. The summed E-state index contributed by atoms with van der Waals surface area (Å²) in [7, 11) is -2.82. The molecule has 208 valence electrons. The van der Waals surface area contributed by atoms with Crippen molar-refractivity contribution in [3.05, 3.63) is 89.7 Å². The van der Waals surface area contributed by atoms with Crippen molar-refractivity contribution in [2.24, 2.45) is 0 Å². The predicted molar refractivity (Wildman–Crippen MR) is 148 cm³/mol. The lowest BCUT2D eigenvalue weighted by atomic mass is 10.1. The van der Waals surface area contributed by atoms with Crippen molar-refractivity contribution in [1.29, 1.82) is 0 Å². The molecule has 0 aromatic heterocycles. The van der Waals surface area contributed by atoms with Gasteiger partial charge in [-0.1, -0.05) is 48.9 Å². The van der Waals surface area contributed by atoms with Crippen LogP contribution in [-0.4, -0.2) is 51.4 Å². The van der Waals surface area contributed by atoms with Crippen LogP contribution in [0.2, 0.25) is 0 Å². The van der Waals surface area contributed by atoms with Gasteiger partial charge in [-0.25, -0.2) is 12.8 Å². The number of aryl methyl sites for hydroxylation is 1. The van der Waals surface area contributed by atoms with E-state index in [9.17, 15) is 22.4 Å². The molecule has 10 heteroatoms. The van der Waals surface area contributed by atoms with Crippen LogP contribution in [0.4, 0.5) is 10.1 Å². The second kappa shape index (κ2) is 13.2. The Hall–Kier alpha value is -3.92. The molecule has 0 aliphatic heterocycles. The van der Waals surface area contributed by atoms with E-state index < -0.39 is 34.3 Å². The fraction of sp³-hybridized carbons (Fsp3) is 0.310. The molecule has 0 spiro atoms. The van der Waals surface area contributed by atoms with Gasteiger partial charge in [0.1, 0.15) is 24.2 Å². The third-order valence-corrected chi connectivity index (χ3v) is 8.01. The Bertz CT molecular complexity index is 1400. The summed E-state index contributed by atoms with van der Waals surface area (Å²) in [4.78, 5) is 28.1. The Labute approximate surface area is 229 Å². The Morgan fingerprint density at radius 3 is 2.31 bits per heavy atom. The number of ether oxygens (including phenoxy) is 1. The quantitative estimate of drug-likeness (QED) is 0.360. The molecular formula is C29H34FN3O5S. The number of nitrogens with one attached hydrogen (secondary N) is 1. The van der Waals surface area contributed by atoms with Crippen molar-refractivity contribution in [2.75, 3.05) is 24.5 Å². The minimum absolute atomic E-state index is 0.0152. The molecule has 0 saturated carbocycles. The van der Waals surface area contributed by atoms with Crippen molar-refractivity contribution in [1.82, 2.24) is 10.2 Å². The summed E-state index contributed by atoms with van der Waals surface area (Å²) in [5, 5.41) is 2.75. The summed E-state index contributed by atoms with van der Waals surface area (Å²) in [6.45, 7) is 5.02. The van der Waals surface area contributed by atoms with Gasteiger partial charge in [0.25, 0.3) is 10.0 Å². The topological polar surface area (TPSA) is 96.0 Å². The van der Waals surface area contributed by atoms with Crippen molar-refractivity contribution in [3.8, 4) is 5.75 Å². The van der Waals surface area contributed by atoms with E-state index in [0.29, 0.717) is 17.9 Å². The summed E-state index contributed by atoms with van der Waals surface area (Å²) in [5.74, 6) is -1.25. The molecule has 2 amide bonds. The van der Waals surface area contributed by atoms with Gasteiger partial charge < -0.3 is 15.0 Å². The monoisotopic (exact) mass is 555 g/mol. The molecule has 1 N–H and O–H groups in total. The third-order valence-electron chi connectivity index (χ3n) is 6.23. The van der Waals surface area contributed by atoms with Gasteiger partial charge in [0.2, 0.25) is 11.8 Å². The van der Waals surface area contributed by atoms with Crippen molar-refractivity contribution >= 4 is 27.5 Å². The van der Waals surface area contributed by atoms with Gasteiger partial charge in [0.15, 0.2) is 0 Å². The van der Waals surface area contributed by atoms with E-state index >= 15 is 0 Å². The van der Waals surface area contributed by atoms with Gasteiger partial charge >= 0.3 is 0 Å². The Morgan fingerprint density at radius 1 is 1.00 bits per heavy atom. The molecule has 3 rings (SSSR count). The molecule has 3 aromatic carbocycles. The summed E-state index contributed by atoms with van der Waals surface area (Å²) < 4.78 is 48.6. The Kier molecular flexibility index (Phi) is 10.1. The fourth-order valence-corrected chi connectivity index (χ4v) is 5.61. The van der Waals surface area contributed by atoms with Crippen molar-refractivity contribution in [3.63, 3.8) is 0 Å². The normalized spacial score (nSPS) is 11.9. The van der Waals surface area contributed by atoms with Gasteiger partial charge in [0.05, 0.1) is 17.7 Å². The largest absolute Gasteiger partial charge is 0.497 e. The Balaban J connectivity index is 2.08. The lowest BCUT2D eigenvalue weighted by molar-refractivity contribution is -0.140. The van der Waals surface area contributed by atoms with Crippen LogP contribution in [-0.2, 0) is 26.2 Å². The van der Waals surface area contributed by atoms with E-state index in [1.807, 2.05) is 6.92 Å². The van der Waals surface area contributed by atoms with Crippen LogP contribution in [0, 0.1) is 12.7 Å². The number of para-hydroxylation sites is 1. The second-order valence-corrected chi connectivity index (χ2v) is 10.8. The van der Waals surface area contributed by atoms with Crippen LogP contribution in [0.15, 0.2) is 77.7 Å². The highest BCUT2D eigenvalue weighted by Crippen LogP contribution is 2.27. The first-order valence-corrected chi connectivity index (χ1v) is 14.1. The molecule has 1 atom stereocenters. The minimum atomic E-state index is -4.34.